The topological polar surface area (TPSA) is 97.5 Å². The third kappa shape index (κ3) is 4.79. The summed E-state index contributed by atoms with van der Waals surface area (Å²) in [5.74, 6) is 0. The number of non-ortho nitro benzene ring substituents is 1. The van der Waals surface area contributed by atoms with Gasteiger partial charge in [0.25, 0.3) is 15.8 Å². The maximum Gasteiger partial charge on any atom is 0.294 e. The molecule has 0 atom stereocenters. The van der Waals surface area contributed by atoms with E-state index < -0.39 is 15.0 Å². The highest BCUT2D eigenvalue weighted by Crippen LogP contribution is 2.12. The van der Waals surface area contributed by atoms with Crippen LogP contribution < -0.4 is 0 Å². The van der Waals surface area contributed by atoms with Crippen molar-refractivity contribution in [3.05, 3.63) is 70.3 Å². The van der Waals surface area contributed by atoms with E-state index in [9.17, 15) is 18.5 Å². The molecule has 1 N–H and O–H groups in total. The standard InChI is InChI=1S/C7H8O3S.C6H5NO2/c1-6-4-2-3-5-7(6)11(8,9)10;8-7(9)6-4-2-1-3-5-6/h2-5H,1H3,(H,8,9,10);1-5H. The number of benzene rings is 2. The number of nitrogens with zero attached hydrogens (tertiary/aromatic N) is 1. The quantitative estimate of drug-likeness (QED) is 0.522. The summed E-state index contributed by atoms with van der Waals surface area (Å²) < 4.78 is 29.9. The first-order chi connectivity index (χ1) is 9.32. The van der Waals surface area contributed by atoms with Crippen LogP contribution in [-0.2, 0) is 10.1 Å². The molecule has 0 heterocycles. The molecule has 7 heteroatoms. The number of para-hydroxylation sites is 1. The first kappa shape index (κ1) is 15.8. The molecule has 0 saturated carbocycles. The fourth-order valence-electron chi connectivity index (χ4n) is 1.40. The Bertz CT molecular complexity index is 683. The molecule has 106 valence electrons. The SMILES string of the molecule is Cc1ccccc1S(=O)(=O)O.O=[N+]([O-])c1ccccc1. The fraction of sp³-hybridized carbons (Fsp3) is 0.0769. The number of hydrogen-bond donors (Lipinski definition) is 1. The molecule has 2 aromatic carbocycles. The van der Waals surface area contributed by atoms with Crippen molar-refractivity contribution in [2.45, 2.75) is 11.8 Å². The molecule has 6 nitrogen and oxygen atoms in total. The van der Waals surface area contributed by atoms with Crippen LogP contribution in [0, 0.1) is 17.0 Å². The van der Waals surface area contributed by atoms with Gasteiger partial charge in [-0.1, -0.05) is 36.4 Å². The van der Waals surface area contributed by atoms with Crippen LogP contribution >= 0.6 is 0 Å². The van der Waals surface area contributed by atoms with E-state index in [1.807, 2.05) is 0 Å². The first-order valence-electron chi connectivity index (χ1n) is 5.55. The number of aryl methyl sites for hydroxylation is 1. The third-order valence-corrected chi connectivity index (χ3v) is 3.35. The first-order valence-corrected chi connectivity index (χ1v) is 6.99. The van der Waals surface area contributed by atoms with Crippen LogP contribution in [0.2, 0.25) is 0 Å². The molecule has 0 aliphatic carbocycles. The molecule has 0 aliphatic rings. The van der Waals surface area contributed by atoms with E-state index in [-0.39, 0.29) is 10.6 Å². The molecule has 0 amide bonds. The molecule has 2 aromatic rings. The largest absolute Gasteiger partial charge is 0.294 e. The molecule has 2 rings (SSSR count). The Morgan fingerprint density at radius 2 is 1.50 bits per heavy atom. The zero-order valence-corrected chi connectivity index (χ0v) is 11.4. The van der Waals surface area contributed by atoms with Crippen molar-refractivity contribution < 1.29 is 17.9 Å². The minimum absolute atomic E-state index is 0.0278. The van der Waals surface area contributed by atoms with Crippen LogP contribution in [0.15, 0.2) is 59.5 Å². The Hall–Kier alpha value is -2.25. The summed E-state index contributed by atoms with van der Waals surface area (Å²) >= 11 is 0. The van der Waals surface area contributed by atoms with Gasteiger partial charge in [0.2, 0.25) is 0 Å². The summed E-state index contributed by atoms with van der Waals surface area (Å²) in [4.78, 5) is 9.56. The molecule has 0 fully saturated rings. The van der Waals surface area contributed by atoms with Crippen LogP contribution in [0.1, 0.15) is 5.56 Å². The maximum atomic E-state index is 10.6. The fourth-order valence-corrected chi connectivity index (χ4v) is 2.12. The van der Waals surface area contributed by atoms with Crippen molar-refractivity contribution in [3.8, 4) is 0 Å². The van der Waals surface area contributed by atoms with E-state index in [2.05, 4.69) is 0 Å². The Morgan fingerprint density at radius 1 is 1.00 bits per heavy atom. The molecule has 0 unspecified atom stereocenters. The second kappa shape index (κ2) is 6.78. The van der Waals surface area contributed by atoms with Gasteiger partial charge in [-0.3, -0.25) is 14.7 Å². The zero-order chi connectivity index (χ0) is 15.2. The molecule has 20 heavy (non-hydrogen) atoms. The molecule has 0 bridgehead atoms. The Balaban J connectivity index is 0.000000204. The van der Waals surface area contributed by atoms with Gasteiger partial charge in [0.1, 0.15) is 0 Å². The van der Waals surface area contributed by atoms with E-state index in [1.165, 1.54) is 18.2 Å². The Labute approximate surface area is 116 Å². The van der Waals surface area contributed by atoms with E-state index in [1.54, 1.807) is 43.3 Å². The van der Waals surface area contributed by atoms with Gasteiger partial charge in [-0.05, 0) is 18.6 Å². The van der Waals surface area contributed by atoms with Crippen LogP contribution in [0.5, 0.6) is 0 Å². The number of nitro benzene ring substituents is 1. The van der Waals surface area contributed by atoms with Gasteiger partial charge in [0.15, 0.2) is 0 Å². The summed E-state index contributed by atoms with van der Waals surface area (Å²) in [6.45, 7) is 1.63. The predicted octanol–water partition coefficient (Wildman–Crippen LogP) is 2.84. The molecule has 0 aromatic heterocycles. The molecule has 0 radical (unpaired) electrons. The van der Waals surface area contributed by atoms with Crippen molar-refractivity contribution in [1.82, 2.24) is 0 Å². The number of rotatable bonds is 2. The van der Waals surface area contributed by atoms with Crippen LogP contribution in [0.3, 0.4) is 0 Å². The van der Waals surface area contributed by atoms with E-state index in [0.29, 0.717) is 5.56 Å². The highest BCUT2D eigenvalue weighted by molar-refractivity contribution is 7.85. The third-order valence-electron chi connectivity index (χ3n) is 2.34. The van der Waals surface area contributed by atoms with Crippen molar-refractivity contribution in [2.24, 2.45) is 0 Å². The van der Waals surface area contributed by atoms with E-state index in [4.69, 9.17) is 4.55 Å². The van der Waals surface area contributed by atoms with E-state index >= 15 is 0 Å². The summed E-state index contributed by atoms with van der Waals surface area (Å²) in [5.41, 5.74) is 0.688. The molecular formula is C13H13NO5S. The van der Waals surface area contributed by atoms with Gasteiger partial charge in [-0.2, -0.15) is 8.42 Å². The van der Waals surface area contributed by atoms with Crippen molar-refractivity contribution in [1.29, 1.82) is 0 Å². The second-order valence-electron chi connectivity index (χ2n) is 3.83. The monoisotopic (exact) mass is 295 g/mol. The molecule has 0 aliphatic heterocycles. The van der Waals surface area contributed by atoms with Gasteiger partial charge in [-0.25, -0.2) is 0 Å². The van der Waals surface area contributed by atoms with Gasteiger partial charge < -0.3 is 0 Å². The van der Waals surface area contributed by atoms with Crippen LogP contribution in [-0.4, -0.2) is 17.9 Å². The lowest BCUT2D eigenvalue weighted by Gasteiger charge is -1.99. The van der Waals surface area contributed by atoms with Gasteiger partial charge in [0.05, 0.1) is 9.82 Å². The minimum Gasteiger partial charge on any atom is -0.282 e. The van der Waals surface area contributed by atoms with E-state index in [0.717, 1.165) is 0 Å². The summed E-state index contributed by atoms with van der Waals surface area (Å²) in [6, 6.07) is 14.2. The highest BCUT2D eigenvalue weighted by atomic mass is 32.2. The highest BCUT2D eigenvalue weighted by Gasteiger charge is 2.10. The van der Waals surface area contributed by atoms with Crippen LogP contribution in [0.25, 0.3) is 0 Å². The number of hydrogen-bond acceptors (Lipinski definition) is 4. The smallest absolute Gasteiger partial charge is 0.282 e. The average molecular weight is 295 g/mol. The van der Waals surface area contributed by atoms with Gasteiger partial charge >= 0.3 is 0 Å². The second-order valence-corrected chi connectivity index (χ2v) is 5.22. The minimum atomic E-state index is -4.03. The number of nitro groups is 1. The lowest BCUT2D eigenvalue weighted by molar-refractivity contribution is -0.384. The van der Waals surface area contributed by atoms with Gasteiger partial charge in [-0.15, -0.1) is 0 Å². The maximum absolute atomic E-state index is 10.6. The Kier molecular flexibility index (Phi) is 5.36. The normalized spacial score (nSPS) is 10.3. The summed E-state index contributed by atoms with van der Waals surface area (Å²) in [5, 5.41) is 10.0. The zero-order valence-electron chi connectivity index (χ0n) is 10.6. The predicted molar refractivity (Wildman–Crippen MR) is 74.1 cm³/mol. The molecular weight excluding hydrogens is 282 g/mol. The molecule has 0 spiro atoms. The van der Waals surface area contributed by atoms with Crippen molar-refractivity contribution in [3.63, 3.8) is 0 Å². The summed E-state index contributed by atoms with van der Waals surface area (Å²) in [7, 11) is -4.03. The van der Waals surface area contributed by atoms with Crippen molar-refractivity contribution >= 4 is 15.8 Å². The van der Waals surface area contributed by atoms with Crippen LogP contribution in [0.4, 0.5) is 5.69 Å². The summed E-state index contributed by atoms with van der Waals surface area (Å²) in [6.07, 6.45) is 0. The van der Waals surface area contributed by atoms with Crippen molar-refractivity contribution in [2.75, 3.05) is 0 Å². The molecule has 0 saturated heterocycles. The average Bonchev–Trinajstić information content (AvgIpc) is 2.39. The van der Waals surface area contributed by atoms with Gasteiger partial charge in [0, 0.05) is 12.1 Å². The lowest BCUT2D eigenvalue weighted by Crippen LogP contribution is -1.99. The Morgan fingerprint density at radius 3 is 1.85 bits per heavy atom. The lowest BCUT2D eigenvalue weighted by atomic mass is 10.2.